The highest BCUT2D eigenvalue weighted by Gasteiger charge is 2.10. The molecule has 0 saturated heterocycles. The fourth-order valence-corrected chi connectivity index (χ4v) is 0.682. The Morgan fingerprint density at radius 3 is 2.69 bits per heavy atom. The molecule has 0 rings (SSSR count). The van der Waals surface area contributed by atoms with Crippen molar-refractivity contribution in [3.05, 3.63) is 0 Å². The lowest BCUT2D eigenvalue weighted by molar-refractivity contribution is -0.151. The smallest absolute Gasteiger partial charge is 0.409 e. The number of ether oxygens (including phenoxy) is 2. The second-order valence-electron chi connectivity index (χ2n) is 2.96. The van der Waals surface area contributed by atoms with Gasteiger partial charge in [0.1, 0.15) is 0 Å². The van der Waals surface area contributed by atoms with Crippen LogP contribution in [0.3, 0.4) is 0 Å². The van der Waals surface area contributed by atoms with Crippen LogP contribution in [0, 0.1) is 0 Å². The number of amides is 2. The predicted octanol–water partition coefficient (Wildman–Crippen LogP) is -0.242. The Bertz CT molecular complexity index is 244. The maximum Gasteiger partial charge on any atom is 0.409 e. The third-order valence-corrected chi connectivity index (χ3v) is 1.65. The van der Waals surface area contributed by atoms with Gasteiger partial charge >= 0.3 is 12.1 Å². The number of carbonyl (C=O) groups is 3. The normalized spacial score (nSPS) is 11.1. The highest BCUT2D eigenvalue weighted by molar-refractivity contribution is 5.75. The van der Waals surface area contributed by atoms with E-state index in [-0.39, 0.29) is 12.8 Å². The first-order chi connectivity index (χ1) is 7.60. The first kappa shape index (κ1) is 14.2. The third kappa shape index (κ3) is 7.60. The van der Waals surface area contributed by atoms with Gasteiger partial charge in [-0.1, -0.05) is 6.92 Å². The van der Waals surface area contributed by atoms with E-state index in [9.17, 15) is 14.4 Å². The van der Waals surface area contributed by atoms with E-state index >= 15 is 0 Å². The predicted molar refractivity (Wildman–Crippen MR) is 54.4 cm³/mol. The molecule has 7 nitrogen and oxygen atoms in total. The van der Waals surface area contributed by atoms with Gasteiger partial charge in [-0.05, 0) is 13.3 Å². The second kappa shape index (κ2) is 8.51. The highest BCUT2D eigenvalue weighted by atomic mass is 16.6. The average molecular weight is 232 g/mol. The van der Waals surface area contributed by atoms with Crippen molar-refractivity contribution >= 4 is 18.5 Å². The van der Waals surface area contributed by atoms with E-state index in [1.807, 2.05) is 6.92 Å². The van der Waals surface area contributed by atoms with E-state index in [1.54, 1.807) is 6.92 Å². The molecule has 7 heteroatoms. The lowest BCUT2D eigenvalue weighted by Crippen LogP contribution is -2.34. The summed E-state index contributed by atoms with van der Waals surface area (Å²) in [5, 5.41) is 4.39. The fourth-order valence-electron chi connectivity index (χ4n) is 0.682. The summed E-state index contributed by atoms with van der Waals surface area (Å²) >= 11 is 0. The van der Waals surface area contributed by atoms with Crippen LogP contribution in [0.2, 0.25) is 0 Å². The largest absolute Gasteiger partial charge is 0.460 e. The summed E-state index contributed by atoms with van der Waals surface area (Å²) in [5.41, 5.74) is 0. The van der Waals surface area contributed by atoms with Crippen LogP contribution >= 0.6 is 0 Å². The molecule has 0 saturated carbocycles. The van der Waals surface area contributed by atoms with Crippen molar-refractivity contribution in [3.63, 3.8) is 0 Å². The highest BCUT2D eigenvalue weighted by Crippen LogP contribution is 1.96. The van der Waals surface area contributed by atoms with Gasteiger partial charge in [0.15, 0.2) is 6.61 Å². The molecule has 1 atom stereocenters. The van der Waals surface area contributed by atoms with Crippen molar-refractivity contribution in [2.45, 2.75) is 26.4 Å². The van der Waals surface area contributed by atoms with Crippen LogP contribution in [0.15, 0.2) is 0 Å². The van der Waals surface area contributed by atoms with Gasteiger partial charge < -0.3 is 20.1 Å². The first-order valence-electron chi connectivity index (χ1n) is 4.87. The molecule has 2 N–H and O–H groups in total. The van der Waals surface area contributed by atoms with E-state index in [4.69, 9.17) is 4.74 Å². The van der Waals surface area contributed by atoms with Gasteiger partial charge in [-0.25, -0.2) is 9.59 Å². The Morgan fingerprint density at radius 2 is 2.12 bits per heavy atom. The Morgan fingerprint density at radius 1 is 1.44 bits per heavy atom. The molecule has 0 aromatic rings. The summed E-state index contributed by atoms with van der Waals surface area (Å²) in [6.07, 6.45) is 0.130. The van der Waals surface area contributed by atoms with Gasteiger partial charge in [-0.3, -0.25) is 4.79 Å². The fraction of sp³-hybridized carbons (Fsp3) is 0.667. The van der Waals surface area contributed by atoms with Crippen molar-refractivity contribution in [2.75, 3.05) is 13.3 Å². The van der Waals surface area contributed by atoms with Crippen molar-refractivity contribution in [2.24, 2.45) is 0 Å². The number of carbonyl (C=O) groups excluding carboxylic acids is 3. The van der Waals surface area contributed by atoms with Crippen LogP contribution in [0.4, 0.5) is 4.79 Å². The van der Waals surface area contributed by atoms with Crippen LogP contribution in [0.5, 0.6) is 0 Å². The van der Waals surface area contributed by atoms with Gasteiger partial charge in [-0.15, -0.1) is 0 Å². The van der Waals surface area contributed by atoms with Crippen molar-refractivity contribution in [3.8, 4) is 0 Å². The van der Waals surface area contributed by atoms with E-state index in [0.29, 0.717) is 12.8 Å². The molecule has 0 radical (unpaired) electrons. The van der Waals surface area contributed by atoms with Crippen LogP contribution in [-0.2, 0) is 19.1 Å². The second-order valence-corrected chi connectivity index (χ2v) is 2.96. The molecule has 0 aliphatic rings. The number of hydrogen-bond donors (Lipinski definition) is 2. The van der Waals surface area contributed by atoms with Crippen LogP contribution in [0.25, 0.3) is 0 Å². The van der Waals surface area contributed by atoms with Crippen LogP contribution in [0.1, 0.15) is 20.3 Å². The zero-order valence-corrected chi connectivity index (χ0v) is 9.32. The molecule has 92 valence electrons. The molecule has 1 unspecified atom stereocenters. The first-order valence-corrected chi connectivity index (χ1v) is 4.87. The number of alkyl carbamates (subject to hydrolysis) is 1. The molecule has 0 aliphatic heterocycles. The Balaban J connectivity index is 3.58. The van der Waals surface area contributed by atoms with Gasteiger partial charge in [0.05, 0.1) is 12.8 Å². The molecule has 2 amide bonds. The number of nitrogens with one attached hydrogen (secondary N) is 2. The maximum atomic E-state index is 11.0. The van der Waals surface area contributed by atoms with Crippen molar-refractivity contribution in [1.29, 1.82) is 0 Å². The minimum Gasteiger partial charge on any atom is -0.460 e. The monoisotopic (exact) mass is 232 g/mol. The lowest BCUT2D eigenvalue weighted by atomic mass is 10.3. The quantitative estimate of drug-likeness (QED) is 0.273. The van der Waals surface area contributed by atoms with Crippen LogP contribution in [-0.4, -0.2) is 37.9 Å². The summed E-state index contributed by atoms with van der Waals surface area (Å²) in [6.45, 7) is 3.11. The molecule has 0 heterocycles. The van der Waals surface area contributed by atoms with Crippen molar-refractivity contribution < 1.29 is 23.9 Å². The summed E-state index contributed by atoms with van der Waals surface area (Å²) in [4.78, 5) is 31.8. The zero-order chi connectivity index (χ0) is 12.4. The summed E-state index contributed by atoms with van der Waals surface area (Å²) < 4.78 is 9.38. The maximum absolute atomic E-state index is 11.0. The molecule has 0 aromatic heterocycles. The minimum atomic E-state index is -0.796. The van der Waals surface area contributed by atoms with Gasteiger partial charge in [0.25, 0.3) is 0 Å². The van der Waals surface area contributed by atoms with Gasteiger partial charge in [0, 0.05) is 0 Å². The van der Waals surface area contributed by atoms with Crippen molar-refractivity contribution in [1.82, 2.24) is 10.6 Å². The van der Waals surface area contributed by atoms with E-state index in [0.717, 1.165) is 0 Å². The third-order valence-electron chi connectivity index (χ3n) is 1.65. The molecular weight excluding hydrogens is 216 g/mol. The summed E-state index contributed by atoms with van der Waals surface area (Å²) in [7, 11) is 0. The summed E-state index contributed by atoms with van der Waals surface area (Å²) in [6, 6.07) is 0. The topological polar surface area (TPSA) is 93.7 Å². The number of rotatable bonds is 7. The molecule has 0 aliphatic carbocycles. The van der Waals surface area contributed by atoms with E-state index in [2.05, 4.69) is 15.4 Å². The number of hydrogen-bond acceptors (Lipinski definition) is 5. The SMILES string of the molecule is CCC(C)OC(=O)COC(=O)NCNC=O. The Labute approximate surface area is 93.5 Å². The minimum absolute atomic E-state index is 0.0528. The number of esters is 1. The molecule has 0 aromatic carbocycles. The van der Waals surface area contributed by atoms with Crippen LogP contribution < -0.4 is 10.6 Å². The molecular formula is C9H16N2O5. The van der Waals surface area contributed by atoms with E-state index < -0.39 is 18.7 Å². The molecule has 0 spiro atoms. The lowest BCUT2D eigenvalue weighted by Gasteiger charge is -2.11. The van der Waals surface area contributed by atoms with Gasteiger partial charge in [0.2, 0.25) is 6.41 Å². The molecule has 0 fully saturated rings. The standard InChI is InChI=1S/C9H16N2O5/c1-3-7(2)16-8(13)4-15-9(14)11-5-10-6-12/h6-7H,3-5H2,1-2H3,(H,10,12)(H,11,14). The molecule has 0 bridgehead atoms. The average Bonchev–Trinajstić information content (AvgIpc) is 2.26. The zero-order valence-electron chi connectivity index (χ0n) is 9.32. The van der Waals surface area contributed by atoms with Gasteiger partial charge in [-0.2, -0.15) is 0 Å². The Kier molecular flexibility index (Phi) is 7.56. The summed E-state index contributed by atoms with van der Waals surface area (Å²) in [5.74, 6) is -0.604. The van der Waals surface area contributed by atoms with E-state index in [1.165, 1.54) is 0 Å². The molecule has 16 heavy (non-hydrogen) atoms. The Hall–Kier alpha value is -1.79.